The molecule has 2 N–H and O–H groups in total. The van der Waals surface area contributed by atoms with Crippen molar-refractivity contribution in [2.45, 2.75) is 38.3 Å². The average Bonchev–Trinajstić information content (AvgIpc) is 3.17. The van der Waals surface area contributed by atoms with Crippen LogP contribution in [0.5, 0.6) is 0 Å². The maximum absolute atomic E-state index is 12.9. The molecule has 1 aliphatic carbocycles. The molecule has 1 aliphatic heterocycles. The van der Waals surface area contributed by atoms with Crippen LogP contribution in [0, 0.1) is 0 Å². The molecule has 176 valence electrons. The molecule has 0 unspecified atom stereocenters. The second-order valence-corrected chi connectivity index (χ2v) is 9.66. The fraction of sp³-hybridized carbons (Fsp3) is 0.652. The topological polar surface area (TPSA) is 90.9 Å². The summed E-state index contributed by atoms with van der Waals surface area (Å²) in [6, 6.07) is 0. The summed E-state index contributed by atoms with van der Waals surface area (Å²) in [7, 11) is 0. The highest BCUT2D eigenvalue weighted by Crippen LogP contribution is 2.33. The van der Waals surface area contributed by atoms with E-state index in [0.29, 0.717) is 25.5 Å². The zero-order valence-corrected chi connectivity index (χ0v) is 19.5. The molecule has 2 aromatic heterocycles. The highest BCUT2D eigenvalue weighted by Gasteiger charge is 2.21. The molecular formula is C23H34N4O4S. The summed E-state index contributed by atoms with van der Waals surface area (Å²) in [5.41, 5.74) is 1.17. The Labute approximate surface area is 192 Å². The maximum Gasteiger partial charge on any atom is 0.259 e. The lowest BCUT2D eigenvalue weighted by atomic mass is 9.97. The number of morpholine rings is 1. The summed E-state index contributed by atoms with van der Waals surface area (Å²) in [5.74, 6) is 0.655. The normalized spacial score (nSPS) is 18.2. The van der Waals surface area contributed by atoms with E-state index in [9.17, 15) is 9.90 Å². The third-order valence-electron chi connectivity index (χ3n) is 6.10. The summed E-state index contributed by atoms with van der Waals surface area (Å²) in [6.45, 7) is 10.2. The van der Waals surface area contributed by atoms with Gasteiger partial charge in [0.05, 0.1) is 44.5 Å². The lowest BCUT2D eigenvalue weighted by Crippen LogP contribution is -2.43. The van der Waals surface area contributed by atoms with E-state index in [4.69, 9.17) is 14.5 Å². The Kier molecular flexibility index (Phi) is 8.45. The monoisotopic (exact) mass is 462 g/mol. The number of aromatic nitrogens is 2. The standard InChI is InChI=1S/C23H34N4O4S/c1-2-11-31-16-17(28)14-27(8-7-26-9-12-30-13-10-26)15-20-24-22(29)21-18-5-3-4-6-19(18)32-23(21)25-20/h2,17,28H,1,3-16H2,(H,24,25,29)/t17-/m1/s1. The van der Waals surface area contributed by atoms with Crippen molar-refractivity contribution < 1.29 is 14.6 Å². The number of fused-ring (bicyclic) bond motifs is 3. The third-order valence-corrected chi connectivity index (χ3v) is 7.28. The first-order chi connectivity index (χ1) is 15.6. The molecule has 0 aromatic carbocycles. The van der Waals surface area contributed by atoms with Gasteiger partial charge in [-0.1, -0.05) is 6.08 Å². The summed E-state index contributed by atoms with van der Waals surface area (Å²) >= 11 is 1.67. The van der Waals surface area contributed by atoms with E-state index in [1.54, 1.807) is 17.4 Å². The number of aliphatic hydroxyl groups is 1. The van der Waals surface area contributed by atoms with Crippen LogP contribution in [-0.2, 0) is 28.9 Å². The summed E-state index contributed by atoms with van der Waals surface area (Å²) in [4.78, 5) is 27.4. The van der Waals surface area contributed by atoms with Crippen molar-refractivity contribution in [2.24, 2.45) is 0 Å². The van der Waals surface area contributed by atoms with Crippen LogP contribution >= 0.6 is 11.3 Å². The molecule has 0 amide bonds. The largest absolute Gasteiger partial charge is 0.389 e. The van der Waals surface area contributed by atoms with Crippen molar-refractivity contribution in [1.29, 1.82) is 0 Å². The molecule has 8 nitrogen and oxygen atoms in total. The number of nitrogens with zero attached hydrogens (tertiary/aromatic N) is 3. The fourth-order valence-corrected chi connectivity index (χ4v) is 5.76. The molecule has 0 saturated carbocycles. The number of rotatable bonds is 11. The van der Waals surface area contributed by atoms with Gasteiger partial charge in [0.15, 0.2) is 0 Å². The molecule has 0 radical (unpaired) electrons. The van der Waals surface area contributed by atoms with Crippen molar-refractivity contribution in [1.82, 2.24) is 19.8 Å². The minimum atomic E-state index is -0.621. The van der Waals surface area contributed by atoms with Crippen LogP contribution in [0.15, 0.2) is 17.4 Å². The zero-order valence-electron chi connectivity index (χ0n) is 18.7. The average molecular weight is 463 g/mol. The number of nitrogens with one attached hydrogen (secondary N) is 1. The van der Waals surface area contributed by atoms with Crippen LogP contribution in [0.2, 0.25) is 0 Å². The molecule has 0 spiro atoms. The molecule has 2 aromatic rings. The van der Waals surface area contributed by atoms with Crippen LogP contribution in [0.4, 0.5) is 0 Å². The molecule has 4 rings (SSSR count). The molecule has 0 bridgehead atoms. The number of ether oxygens (including phenoxy) is 2. The molecule has 9 heteroatoms. The van der Waals surface area contributed by atoms with E-state index >= 15 is 0 Å². The molecule has 1 atom stereocenters. The number of aromatic amines is 1. The molecule has 2 aliphatic rings. The van der Waals surface area contributed by atoms with E-state index in [1.807, 2.05) is 0 Å². The van der Waals surface area contributed by atoms with Gasteiger partial charge in [-0.05, 0) is 31.2 Å². The van der Waals surface area contributed by atoms with E-state index in [2.05, 4.69) is 21.4 Å². The van der Waals surface area contributed by atoms with E-state index in [-0.39, 0.29) is 12.2 Å². The Balaban J connectivity index is 1.47. The molecule has 1 saturated heterocycles. The Bertz CT molecular complexity index is 953. The summed E-state index contributed by atoms with van der Waals surface area (Å²) in [6.07, 6.45) is 5.40. The van der Waals surface area contributed by atoms with Gasteiger partial charge in [0.1, 0.15) is 10.7 Å². The minimum Gasteiger partial charge on any atom is -0.389 e. The lowest BCUT2D eigenvalue weighted by molar-refractivity contribution is 0.0124. The Morgan fingerprint density at radius 2 is 2.16 bits per heavy atom. The smallest absolute Gasteiger partial charge is 0.259 e. The van der Waals surface area contributed by atoms with Gasteiger partial charge in [-0.2, -0.15) is 0 Å². The second-order valence-electron chi connectivity index (χ2n) is 8.57. The van der Waals surface area contributed by atoms with Crippen LogP contribution < -0.4 is 5.56 Å². The summed E-state index contributed by atoms with van der Waals surface area (Å²) < 4.78 is 10.9. The SMILES string of the molecule is C=CCOC[C@H](O)CN(CCN1CCOCC1)Cc1nc2sc3c(c2c(=O)[nH]1)CCCC3. The van der Waals surface area contributed by atoms with E-state index in [0.717, 1.165) is 68.9 Å². The number of hydrogen-bond donors (Lipinski definition) is 2. The number of hydrogen-bond acceptors (Lipinski definition) is 8. The molecular weight excluding hydrogens is 428 g/mol. The van der Waals surface area contributed by atoms with Gasteiger partial charge in [0.2, 0.25) is 0 Å². The van der Waals surface area contributed by atoms with Crippen LogP contribution in [0.3, 0.4) is 0 Å². The van der Waals surface area contributed by atoms with Crippen molar-refractivity contribution in [3.63, 3.8) is 0 Å². The Morgan fingerprint density at radius 1 is 1.34 bits per heavy atom. The quantitative estimate of drug-likeness (QED) is 0.387. The maximum atomic E-state index is 12.9. The van der Waals surface area contributed by atoms with Crippen molar-refractivity contribution in [2.75, 3.05) is 59.2 Å². The number of thiophene rings is 1. The van der Waals surface area contributed by atoms with Crippen molar-refractivity contribution in [3.8, 4) is 0 Å². The Hall–Kier alpha value is -1.62. The van der Waals surface area contributed by atoms with Gasteiger partial charge < -0.3 is 19.6 Å². The number of H-pyrrole nitrogens is 1. The highest BCUT2D eigenvalue weighted by molar-refractivity contribution is 7.18. The second kappa shape index (κ2) is 11.5. The predicted molar refractivity (Wildman–Crippen MR) is 126 cm³/mol. The van der Waals surface area contributed by atoms with Crippen LogP contribution in [0.25, 0.3) is 10.2 Å². The highest BCUT2D eigenvalue weighted by atomic mass is 32.1. The first kappa shape index (κ1) is 23.5. The van der Waals surface area contributed by atoms with Crippen molar-refractivity contribution in [3.05, 3.63) is 39.3 Å². The van der Waals surface area contributed by atoms with Crippen LogP contribution in [0.1, 0.15) is 29.1 Å². The van der Waals surface area contributed by atoms with E-state index < -0.39 is 6.10 Å². The van der Waals surface area contributed by atoms with Gasteiger partial charge in [-0.3, -0.25) is 14.6 Å². The molecule has 1 fully saturated rings. The summed E-state index contributed by atoms with van der Waals surface area (Å²) in [5, 5.41) is 11.3. The first-order valence-electron chi connectivity index (χ1n) is 11.6. The first-order valence-corrected chi connectivity index (χ1v) is 12.4. The van der Waals surface area contributed by atoms with Gasteiger partial charge in [0.25, 0.3) is 5.56 Å². The van der Waals surface area contributed by atoms with Crippen molar-refractivity contribution >= 4 is 21.6 Å². The van der Waals surface area contributed by atoms with Gasteiger partial charge in [0, 0.05) is 37.6 Å². The lowest BCUT2D eigenvalue weighted by Gasteiger charge is -2.30. The fourth-order valence-electron chi connectivity index (χ4n) is 4.48. The van der Waals surface area contributed by atoms with E-state index in [1.165, 1.54) is 16.9 Å². The minimum absolute atomic E-state index is 0.0348. The number of aryl methyl sites for hydroxylation is 2. The van der Waals surface area contributed by atoms with Gasteiger partial charge in [-0.25, -0.2) is 4.98 Å². The van der Waals surface area contributed by atoms with Gasteiger partial charge in [-0.15, -0.1) is 17.9 Å². The predicted octanol–water partition coefficient (Wildman–Crippen LogP) is 1.56. The van der Waals surface area contributed by atoms with Gasteiger partial charge >= 0.3 is 0 Å². The number of aliphatic hydroxyl groups excluding tert-OH is 1. The Morgan fingerprint density at radius 3 is 2.97 bits per heavy atom. The molecule has 3 heterocycles. The molecule has 32 heavy (non-hydrogen) atoms. The van der Waals surface area contributed by atoms with Crippen LogP contribution in [-0.4, -0.2) is 90.1 Å². The zero-order chi connectivity index (χ0) is 22.3. The third kappa shape index (κ3) is 6.03.